The summed E-state index contributed by atoms with van der Waals surface area (Å²) in [6.07, 6.45) is 2.43. The summed E-state index contributed by atoms with van der Waals surface area (Å²) >= 11 is 0. The van der Waals surface area contributed by atoms with Crippen LogP contribution < -0.4 is 11.1 Å². The number of fused-ring (bicyclic) bond motifs is 1. The fourth-order valence-electron chi connectivity index (χ4n) is 3.82. The molecule has 2 aromatic heterocycles. The van der Waals surface area contributed by atoms with E-state index in [4.69, 9.17) is 19.9 Å². The Morgan fingerprint density at radius 2 is 2.04 bits per heavy atom. The Labute approximate surface area is 156 Å². The van der Waals surface area contributed by atoms with Crippen molar-refractivity contribution in [1.29, 1.82) is 0 Å². The van der Waals surface area contributed by atoms with Gasteiger partial charge < -0.3 is 25.3 Å². The monoisotopic (exact) mass is 367 g/mol. The minimum absolute atomic E-state index is 0.119. The summed E-state index contributed by atoms with van der Waals surface area (Å²) < 4.78 is 17.6. The van der Waals surface area contributed by atoms with Crippen LogP contribution in [0.25, 0.3) is 22.2 Å². The third-order valence-electron chi connectivity index (χ3n) is 5.16. The first-order chi connectivity index (χ1) is 13.2. The third-order valence-corrected chi connectivity index (χ3v) is 5.16. The molecule has 4 N–H and O–H groups in total. The predicted octanol–water partition coefficient (Wildman–Crippen LogP) is 2.15. The van der Waals surface area contributed by atoms with E-state index in [1.54, 1.807) is 6.20 Å². The minimum atomic E-state index is -0.640. The number of nitrogens with one attached hydrogen (secondary N) is 2. The summed E-state index contributed by atoms with van der Waals surface area (Å²) in [4.78, 5) is 4.50. The van der Waals surface area contributed by atoms with E-state index in [-0.39, 0.29) is 6.04 Å². The summed E-state index contributed by atoms with van der Waals surface area (Å²) in [5.41, 5.74) is 9.72. The molecule has 0 saturated carbocycles. The van der Waals surface area contributed by atoms with Crippen molar-refractivity contribution in [3.8, 4) is 11.3 Å². The largest absolute Gasteiger partial charge is 0.384 e. The number of anilines is 2. The molecule has 0 amide bonds. The van der Waals surface area contributed by atoms with Gasteiger partial charge in [0.05, 0.1) is 37.6 Å². The first kappa shape index (κ1) is 16.5. The molecule has 2 saturated heterocycles. The highest BCUT2D eigenvalue weighted by Gasteiger charge is 2.47. The fourth-order valence-corrected chi connectivity index (χ4v) is 3.82. The van der Waals surface area contributed by atoms with Crippen LogP contribution in [0.2, 0.25) is 0 Å². The van der Waals surface area contributed by atoms with E-state index in [2.05, 4.69) is 20.5 Å². The lowest BCUT2D eigenvalue weighted by Crippen LogP contribution is -2.54. The average molecular weight is 367 g/mol. The Balaban J connectivity index is 1.52. The highest BCUT2D eigenvalue weighted by Crippen LogP contribution is 2.35. The SMILES string of the molecule is Nc1cc(NC2COCCC23OCCO3)c2ccc(-c3ccn[nH]3)cc2n1. The van der Waals surface area contributed by atoms with E-state index in [1.807, 2.05) is 30.3 Å². The van der Waals surface area contributed by atoms with Crippen molar-refractivity contribution in [1.82, 2.24) is 15.2 Å². The smallest absolute Gasteiger partial charge is 0.193 e. The number of nitrogen functional groups attached to an aromatic ring is 1. The van der Waals surface area contributed by atoms with Crippen molar-refractivity contribution in [2.45, 2.75) is 18.2 Å². The van der Waals surface area contributed by atoms with Gasteiger partial charge in [0.15, 0.2) is 5.79 Å². The molecule has 1 atom stereocenters. The molecule has 0 aliphatic carbocycles. The van der Waals surface area contributed by atoms with Gasteiger partial charge in [-0.2, -0.15) is 5.10 Å². The van der Waals surface area contributed by atoms with Gasteiger partial charge in [0.25, 0.3) is 0 Å². The highest BCUT2D eigenvalue weighted by molar-refractivity contribution is 5.95. The van der Waals surface area contributed by atoms with Crippen molar-refractivity contribution >= 4 is 22.4 Å². The highest BCUT2D eigenvalue weighted by atomic mass is 16.7. The fraction of sp³-hybridized carbons (Fsp3) is 0.368. The zero-order valence-electron chi connectivity index (χ0n) is 14.8. The van der Waals surface area contributed by atoms with Crippen LogP contribution in [-0.4, -0.2) is 53.4 Å². The molecule has 2 aliphatic heterocycles. The van der Waals surface area contributed by atoms with Gasteiger partial charge in [-0.25, -0.2) is 4.98 Å². The molecule has 1 unspecified atom stereocenters. The molecule has 2 aliphatic rings. The summed E-state index contributed by atoms with van der Waals surface area (Å²) in [7, 11) is 0. The van der Waals surface area contributed by atoms with Crippen LogP contribution in [0.3, 0.4) is 0 Å². The molecule has 3 aromatic rings. The van der Waals surface area contributed by atoms with Gasteiger partial charge in [-0.3, -0.25) is 5.10 Å². The molecular weight excluding hydrogens is 346 g/mol. The molecule has 8 heteroatoms. The quantitative estimate of drug-likeness (QED) is 0.651. The van der Waals surface area contributed by atoms with Crippen LogP contribution in [0.5, 0.6) is 0 Å². The molecule has 27 heavy (non-hydrogen) atoms. The standard InChI is InChI=1S/C19H21N5O3/c20-18-10-16(22-17-11-25-6-4-19(17)26-7-8-27-19)13-2-1-12(9-15(13)23-18)14-3-5-21-24-14/h1-3,5,9-10,17H,4,6-8,11H2,(H,21,24)(H3,20,22,23). The number of aromatic amines is 1. The van der Waals surface area contributed by atoms with Crippen LogP contribution >= 0.6 is 0 Å². The molecular formula is C19H21N5O3. The summed E-state index contributed by atoms with van der Waals surface area (Å²) in [6.45, 7) is 2.34. The zero-order valence-corrected chi connectivity index (χ0v) is 14.8. The van der Waals surface area contributed by atoms with E-state index >= 15 is 0 Å². The van der Waals surface area contributed by atoms with Crippen molar-refractivity contribution in [3.05, 3.63) is 36.5 Å². The Morgan fingerprint density at radius 1 is 1.15 bits per heavy atom. The van der Waals surface area contributed by atoms with Crippen LogP contribution in [0.4, 0.5) is 11.5 Å². The van der Waals surface area contributed by atoms with Gasteiger partial charge in [-0.1, -0.05) is 12.1 Å². The van der Waals surface area contributed by atoms with Crippen molar-refractivity contribution in [2.75, 3.05) is 37.5 Å². The normalized spacial score (nSPS) is 21.7. The van der Waals surface area contributed by atoms with Gasteiger partial charge in [0.1, 0.15) is 11.9 Å². The lowest BCUT2D eigenvalue weighted by Gasteiger charge is -2.40. The van der Waals surface area contributed by atoms with E-state index in [0.29, 0.717) is 38.7 Å². The lowest BCUT2D eigenvalue weighted by atomic mass is 10.0. The summed E-state index contributed by atoms with van der Waals surface area (Å²) in [6, 6.07) is 9.72. The van der Waals surface area contributed by atoms with Crippen LogP contribution in [0.1, 0.15) is 6.42 Å². The summed E-state index contributed by atoms with van der Waals surface area (Å²) in [5.74, 6) is -0.191. The molecule has 0 radical (unpaired) electrons. The van der Waals surface area contributed by atoms with Gasteiger partial charge in [-0.05, 0) is 12.1 Å². The van der Waals surface area contributed by atoms with Crippen LogP contribution in [0.15, 0.2) is 36.5 Å². The van der Waals surface area contributed by atoms with Gasteiger partial charge >= 0.3 is 0 Å². The lowest BCUT2D eigenvalue weighted by molar-refractivity contribution is -0.209. The van der Waals surface area contributed by atoms with Gasteiger partial charge in [0, 0.05) is 35.3 Å². The third kappa shape index (κ3) is 2.91. The molecule has 140 valence electrons. The average Bonchev–Trinajstić information content (AvgIpc) is 3.36. The maximum atomic E-state index is 6.08. The van der Waals surface area contributed by atoms with E-state index in [9.17, 15) is 0 Å². The van der Waals surface area contributed by atoms with E-state index in [0.717, 1.165) is 27.8 Å². The zero-order chi connectivity index (χ0) is 18.3. The number of benzene rings is 1. The summed E-state index contributed by atoms with van der Waals surface area (Å²) in [5, 5.41) is 11.5. The van der Waals surface area contributed by atoms with Crippen LogP contribution in [0, 0.1) is 0 Å². The van der Waals surface area contributed by atoms with E-state index < -0.39 is 5.79 Å². The first-order valence-corrected chi connectivity index (χ1v) is 9.06. The Kier molecular flexibility index (Phi) is 3.96. The molecule has 1 aromatic carbocycles. The minimum Gasteiger partial charge on any atom is -0.384 e. The molecule has 2 fully saturated rings. The molecule has 4 heterocycles. The number of hydrogen-bond donors (Lipinski definition) is 3. The second-order valence-corrected chi connectivity index (χ2v) is 6.83. The second-order valence-electron chi connectivity index (χ2n) is 6.83. The maximum absolute atomic E-state index is 6.08. The molecule has 0 bridgehead atoms. The Bertz CT molecular complexity index is 953. The molecule has 1 spiro atoms. The number of H-pyrrole nitrogens is 1. The Hall–Kier alpha value is -2.68. The molecule has 8 nitrogen and oxygen atoms in total. The number of nitrogens with two attached hydrogens (primary N) is 1. The first-order valence-electron chi connectivity index (χ1n) is 9.06. The van der Waals surface area contributed by atoms with E-state index in [1.165, 1.54) is 0 Å². The van der Waals surface area contributed by atoms with Crippen molar-refractivity contribution in [3.63, 3.8) is 0 Å². The van der Waals surface area contributed by atoms with Gasteiger partial charge in [0.2, 0.25) is 0 Å². The van der Waals surface area contributed by atoms with Crippen molar-refractivity contribution < 1.29 is 14.2 Å². The number of aromatic nitrogens is 3. The Morgan fingerprint density at radius 3 is 2.85 bits per heavy atom. The number of ether oxygens (including phenoxy) is 3. The number of rotatable bonds is 3. The number of pyridine rings is 1. The second kappa shape index (κ2) is 6.49. The van der Waals surface area contributed by atoms with Crippen molar-refractivity contribution in [2.24, 2.45) is 0 Å². The number of nitrogens with zero attached hydrogens (tertiary/aromatic N) is 2. The predicted molar refractivity (Wildman–Crippen MR) is 101 cm³/mol. The van der Waals surface area contributed by atoms with Crippen LogP contribution in [-0.2, 0) is 14.2 Å². The molecule has 5 rings (SSSR count). The topological polar surface area (TPSA) is 107 Å². The maximum Gasteiger partial charge on any atom is 0.193 e. The number of hydrogen-bond acceptors (Lipinski definition) is 7. The van der Waals surface area contributed by atoms with Gasteiger partial charge in [-0.15, -0.1) is 0 Å².